The van der Waals surface area contributed by atoms with Crippen molar-refractivity contribution in [2.24, 2.45) is 0 Å². The van der Waals surface area contributed by atoms with Gasteiger partial charge in [-0.05, 0) is 35.6 Å². The van der Waals surface area contributed by atoms with Crippen molar-refractivity contribution in [3.8, 4) is 0 Å². The van der Waals surface area contributed by atoms with E-state index < -0.39 is 0 Å². The molecule has 0 N–H and O–H groups in total. The summed E-state index contributed by atoms with van der Waals surface area (Å²) in [6, 6.07) is 17.4. The van der Waals surface area contributed by atoms with E-state index in [4.69, 9.17) is 23.2 Å². The minimum atomic E-state index is 0.425. The quantitative estimate of drug-likeness (QED) is 0.537. The second kappa shape index (κ2) is 10.8. The molecule has 29 heavy (non-hydrogen) atoms. The SMILES string of the molecule is CCN(CC)N1CCN(C(Cc2ccc(Cl)c(Cl)c2)C(C)c2ccccc2)CC1. The van der Waals surface area contributed by atoms with Gasteiger partial charge in [0.05, 0.1) is 10.0 Å². The molecule has 0 saturated carbocycles. The number of rotatable bonds is 8. The molecule has 0 aliphatic carbocycles. The monoisotopic (exact) mass is 433 g/mol. The Balaban J connectivity index is 1.78. The Labute approximate surface area is 186 Å². The molecule has 1 aliphatic rings. The van der Waals surface area contributed by atoms with Gasteiger partial charge in [-0.25, -0.2) is 10.0 Å². The third-order valence-electron chi connectivity index (χ3n) is 6.22. The first-order valence-electron chi connectivity index (χ1n) is 10.8. The number of piperazine rings is 1. The summed E-state index contributed by atoms with van der Waals surface area (Å²) in [7, 11) is 0. The van der Waals surface area contributed by atoms with Crippen molar-refractivity contribution >= 4 is 23.2 Å². The molecular formula is C24H33Cl2N3. The molecule has 1 fully saturated rings. The van der Waals surface area contributed by atoms with Crippen LogP contribution in [0.3, 0.4) is 0 Å². The molecule has 0 aromatic heterocycles. The van der Waals surface area contributed by atoms with E-state index in [0.29, 0.717) is 22.0 Å². The van der Waals surface area contributed by atoms with Crippen LogP contribution in [0.5, 0.6) is 0 Å². The summed E-state index contributed by atoms with van der Waals surface area (Å²) in [6.45, 7) is 13.3. The minimum absolute atomic E-state index is 0.425. The number of hydrazine groups is 1. The maximum absolute atomic E-state index is 6.31. The number of benzene rings is 2. The molecule has 0 amide bonds. The van der Waals surface area contributed by atoms with E-state index in [-0.39, 0.29) is 0 Å². The normalized spacial score (nSPS) is 18.1. The molecule has 0 bridgehead atoms. The summed E-state index contributed by atoms with van der Waals surface area (Å²) >= 11 is 12.5. The van der Waals surface area contributed by atoms with E-state index in [1.54, 1.807) is 0 Å². The summed E-state index contributed by atoms with van der Waals surface area (Å²) in [5.74, 6) is 0.436. The lowest BCUT2D eigenvalue weighted by atomic mass is 9.87. The lowest BCUT2D eigenvalue weighted by Gasteiger charge is -2.44. The first kappa shape index (κ1) is 22.6. The highest BCUT2D eigenvalue weighted by molar-refractivity contribution is 6.42. The first-order chi connectivity index (χ1) is 14.0. The molecule has 158 valence electrons. The maximum Gasteiger partial charge on any atom is 0.0595 e. The Morgan fingerprint density at radius 2 is 1.55 bits per heavy atom. The average Bonchev–Trinajstić information content (AvgIpc) is 2.76. The van der Waals surface area contributed by atoms with Gasteiger partial charge >= 0.3 is 0 Å². The van der Waals surface area contributed by atoms with Gasteiger partial charge in [-0.2, -0.15) is 0 Å². The summed E-state index contributed by atoms with van der Waals surface area (Å²) < 4.78 is 0. The van der Waals surface area contributed by atoms with E-state index in [9.17, 15) is 0 Å². The minimum Gasteiger partial charge on any atom is -0.297 e. The third kappa shape index (κ3) is 5.74. The van der Waals surface area contributed by atoms with Crippen molar-refractivity contribution < 1.29 is 0 Å². The predicted molar refractivity (Wildman–Crippen MR) is 125 cm³/mol. The van der Waals surface area contributed by atoms with Gasteiger partial charge in [-0.1, -0.05) is 80.4 Å². The van der Waals surface area contributed by atoms with Crippen LogP contribution < -0.4 is 0 Å². The van der Waals surface area contributed by atoms with Crippen LogP contribution in [0.15, 0.2) is 48.5 Å². The van der Waals surface area contributed by atoms with Crippen molar-refractivity contribution in [3.63, 3.8) is 0 Å². The highest BCUT2D eigenvalue weighted by atomic mass is 35.5. The second-order valence-corrected chi connectivity index (χ2v) is 8.66. The molecule has 3 nitrogen and oxygen atoms in total. The van der Waals surface area contributed by atoms with Crippen molar-refractivity contribution in [2.45, 2.75) is 39.2 Å². The molecule has 5 heteroatoms. The van der Waals surface area contributed by atoms with Crippen LogP contribution in [-0.4, -0.2) is 60.2 Å². The van der Waals surface area contributed by atoms with Gasteiger partial charge < -0.3 is 0 Å². The molecule has 0 radical (unpaired) electrons. The van der Waals surface area contributed by atoms with Crippen molar-refractivity contribution in [3.05, 3.63) is 69.7 Å². The number of hydrogen-bond acceptors (Lipinski definition) is 3. The van der Waals surface area contributed by atoms with Crippen molar-refractivity contribution in [1.82, 2.24) is 14.9 Å². The van der Waals surface area contributed by atoms with Crippen LogP contribution in [0.4, 0.5) is 0 Å². The Morgan fingerprint density at radius 1 is 0.897 bits per heavy atom. The fourth-order valence-corrected chi connectivity index (χ4v) is 4.78. The van der Waals surface area contributed by atoms with Crippen LogP contribution in [0.25, 0.3) is 0 Å². The molecule has 1 heterocycles. The van der Waals surface area contributed by atoms with Crippen molar-refractivity contribution in [1.29, 1.82) is 0 Å². The van der Waals surface area contributed by atoms with Crippen LogP contribution in [-0.2, 0) is 6.42 Å². The molecule has 2 atom stereocenters. The van der Waals surface area contributed by atoms with Gasteiger partial charge in [-0.3, -0.25) is 4.90 Å². The Bertz CT molecular complexity index is 756. The largest absolute Gasteiger partial charge is 0.297 e. The maximum atomic E-state index is 6.31. The van der Waals surface area contributed by atoms with Crippen LogP contribution in [0.1, 0.15) is 37.8 Å². The Hall–Kier alpha value is -1.10. The molecule has 1 aliphatic heterocycles. The highest BCUT2D eigenvalue weighted by Crippen LogP contribution is 2.29. The molecule has 3 rings (SSSR count). The average molecular weight is 434 g/mol. The van der Waals surface area contributed by atoms with Gasteiger partial charge in [-0.15, -0.1) is 0 Å². The van der Waals surface area contributed by atoms with E-state index >= 15 is 0 Å². The first-order valence-corrected chi connectivity index (χ1v) is 11.5. The van der Waals surface area contributed by atoms with E-state index in [1.807, 2.05) is 12.1 Å². The number of nitrogens with zero attached hydrogens (tertiary/aromatic N) is 3. The summed E-state index contributed by atoms with van der Waals surface area (Å²) in [4.78, 5) is 2.67. The number of hydrogen-bond donors (Lipinski definition) is 0. The fourth-order valence-electron chi connectivity index (χ4n) is 4.46. The van der Waals surface area contributed by atoms with E-state index in [2.05, 4.69) is 72.1 Å². The molecule has 2 unspecified atom stereocenters. The summed E-state index contributed by atoms with van der Waals surface area (Å²) in [6.07, 6.45) is 0.970. The summed E-state index contributed by atoms with van der Waals surface area (Å²) in [5, 5.41) is 6.23. The van der Waals surface area contributed by atoms with Gasteiger partial charge in [0, 0.05) is 45.3 Å². The fraction of sp³-hybridized carbons (Fsp3) is 0.500. The van der Waals surface area contributed by atoms with Crippen LogP contribution in [0, 0.1) is 0 Å². The van der Waals surface area contributed by atoms with Crippen LogP contribution >= 0.6 is 23.2 Å². The van der Waals surface area contributed by atoms with Crippen molar-refractivity contribution in [2.75, 3.05) is 39.3 Å². The Kier molecular flexibility index (Phi) is 8.40. The molecular weight excluding hydrogens is 401 g/mol. The van der Waals surface area contributed by atoms with Crippen LogP contribution in [0.2, 0.25) is 10.0 Å². The topological polar surface area (TPSA) is 9.72 Å². The molecule has 2 aromatic carbocycles. The van der Waals surface area contributed by atoms with Gasteiger partial charge in [0.15, 0.2) is 0 Å². The molecule has 1 saturated heterocycles. The van der Waals surface area contributed by atoms with Gasteiger partial charge in [0.1, 0.15) is 0 Å². The second-order valence-electron chi connectivity index (χ2n) is 7.85. The Morgan fingerprint density at radius 3 is 2.14 bits per heavy atom. The zero-order chi connectivity index (χ0) is 20.8. The number of halogens is 2. The standard InChI is InChI=1S/C24H33Cl2N3/c1-4-28(5-2)29-15-13-27(14-16-29)24(19(3)21-9-7-6-8-10-21)18-20-11-12-22(25)23(26)17-20/h6-12,17,19,24H,4-5,13-16,18H2,1-3H3. The van der Waals surface area contributed by atoms with Gasteiger partial charge in [0.25, 0.3) is 0 Å². The zero-order valence-corrected chi connectivity index (χ0v) is 19.3. The smallest absolute Gasteiger partial charge is 0.0595 e. The van der Waals surface area contributed by atoms with E-state index in [1.165, 1.54) is 11.1 Å². The zero-order valence-electron chi connectivity index (χ0n) is 17.8. The lowest BCUT2D eigenvalue weighted by molar-refractivity contribution is -0.0594. The predicted octanol–water partition coefficient (Wildman–Crippen LogP) is 5.58. The summed E-state index contributed by atoms with van der Waals surface area (Å²) in [5.41, 5.74) is 2.64. The highest BCUT2D eigenvalue weighted by Gasteiger charge is 2.30. The lowest BCUT2D eigenvalue weighted by Crippen LogP contribution is -2.56. The molecule has 0 spiro atoms. The third-order valence-corrected chi connectivity index (χ3v) is 6.96. The molecule has 2 aromatic rings. The van der Waals surface area contributed by atoms with E-state index in [0.717, 1.165) is 45.7 Å². The van der Waals surface area contributed by atoms with Gasteiger partial charge in [0.2, 0.25) is 0 Å².